The number of carbonyl (C=O) groups excluding carboxylic acids is 3. The zero-order chi connectivity index (χ0) is 24.1. The molecular formula is C23H19N5O6. The number of pyridine rings is 1. The number of nitrogens with zero attached hydrogens (tertiary/aromatic N) is 3. The third-order valence-corrected chi connectivity index (χ3v) is 4.96. The minimum absolute atomic E-state index is 0.142. The second-order valence-corrected chi connectivity index (χ2v) is 7.31. The summed E-state index contributed by atoms with van der Waals surface area (Å²) in [6, 6.07) is 15.5. The summed E-state index contributed by atoms with van der Waals surface area (Å²) in [5.74, 6) is -1.12. The van der Waals surface area contributed by atoms with Crippen LogP contribution in [0.25, 0.3) is 0 Å². The molecule has 3 aromatic rings. The van der Waals surface area contributed by atoms with Crippen LogP contribution >= 0.6 is 0 Å². The van der Waals surface area contributed by atoms with E-state index in [0.29, 0.717) is 16.9 Å². The molecule has 0 spiro atoms. The van der Waals surface area contributed by atoms with Crippen LogP contribution in [-0.4, -0.2) is 40.8 Å². The van der Waals surface area contributed by atoms with Gasteiger partial charge in [-0.1, -0.05) is 12.1 Å². The molecule has 0 unspecified atom stereocenters. The number of non-ortho nitro benzene ring substituents is 1. The lowest BCUT2D eigenvalue weighted by Gasteiger charge is -2.28. The lowest BCUT2D eigenvalue weighted by molar-refractivity contribution is -0.384. The Morgan fingerprint density at radius 2 is 1.97 bits per heavy atom. The summed E-state index contributed by atoms with van der Waals surface area (Å²) < 4.78 is 5.30. The van der Waals surface area contributed by atoms with E-state index >= 15 is 0 Å². The first-order chi connectivity index (χ1) is 16.4. The second-order valence-electron chi connectivity index (χ2n) is 7.31. The number of aromatic nitrogens is 1. The van der Waals surface area contributed by atoms with E-state index in [1.54, 1.807) is 36.5 Å². The fourth-order valence-electron chi connectivity index (χ4n) is 3.34. The molecule has 4 rings (SSSR count). The highest BCUT2D eigenvalue weighted by atomic mass is 16.6. The lowest BCUT2D eigenvalue weighted by Crippen LogP contribution is -2.43. The zero-order valence-corrected chi connectivity index (χ0v) is 17.8. The van der Waals surface area contributed by atoms with Crippen LogP contribution in [0.5, 0.6) is 5.75 Å². The molecular weight excluding hydrogens is 442 g/mol. The molecule has 2 aromatic carbocycles. The summed E-state index contributed by atoms with van der Waals surface area (Å²) in [4.78, 5) is 53.3. The fraction of sp³-hybridized carbons (Fsp3) is 0.130. The Morgan fingerprint density at radius 1 is 1.12 bits per heavy atom. The largest absolute Gasteiger partial charge is 0.482 e. The van der Waals surface area contributed by atoms with Crippen LogP contribution < -0.4 is 20.3 Å². The highest BCUT2D eigenvalue weighted by Gasteiger charge is 2.29. The van der Waals surface area contributed by atoms with Gasteiger partial charge in [0.15, 0.2) is 6.61 Å². The number of nitrogens with one attached hydrogen (secondary N) is 2. The molecule has 11 nitrogen and oxygen atoms in total. The van der Waals surface area contributed by atoms with E-state index in [1.807, 2.05) is 6.07 Å². The van der Waals surface area contributed by atoms with Gasteiger partial charge in [0, 0.05) is 29.6 Å². The maximum absolute atomic E-state index is 12.7. The first-order valence-corrected chi connectivity index (χ1v) is 10.2. The highest BCUT2D eigenvalue weighted by Crippen LogP contribution is 2.35. The van der Waals surface area contributed by atoms with Gasteiger partial charge < -0.3 is 15.4 Å². The Labute approximate surface area is 193 Å². The molecule has 0 aliphatic carbocycles. The van der Waals surface area contributed by atoms with Crippen LogP contribution in [0.1, 0.15) is 16.1 Å². The van der Waals surface area contributed by atoms with Gasteiger partial charge in [0.2, 0.25) is 5.91 Å². The van der Waals surface area contributed by atoms with Gasteiger partial charge >= 0.3 is 0 Å². The quantitative estimate of drug-likeness (QED) is 0.406. The molecule has 34 heavy (non-hydrogen) atoms. The van der Waals surface area contributed by atoms with Crippen molar-refractivity contribution in [1.82, 2.24) is 10.3 Å². The predicted octanol–water partition coefficient (Wildman–Crippen LogP) is 2.28. The molecule has 1 aliphatic heterocycles. The van der Waals surface area contributed by atoms with Gasteiger partial charge in [-0.05, 0) is 36.4 Å². The number of nitro groups is 1. The average Bonchev–Trinajstić information content (AvgIpc) is 2.84. The zero-order valence-electron chi connectivity index (χ0n) is 17.8. The summed E-state index contributed by atoms with van der Waals surface area (Å²) >= 11 is 0. The molecule has 0 saturated carbocycles. The molecule has 172 valence electrons. The molecule has 1 aliphatic rings. The van der Waals surface area contributed by atoms with E-state index < -0.39 is 16.7 Å². The first kappa shape index (κ1) is 22.4. The van der Waals surface area contributed by atoms with Crippen molar-refractivity contribution in [3.63, 3.8) is 0 Å². The van der Waals surface area contributed by atoms with Gasteiger partial charge in [0.25, 0.3) is 17.5 Å². The number of hydrogen-bond acceptors (Lipinski definition) is 7. The topological polar surface area (TPSA) is 144 Å². The van der Waals surface area contributed by atoms with E-state index in [2.05, 4.69) is 15.6 Å². The number of ether oxygens (including phenoxy) is 1. The van der Waals surface area contributed by atoms with Crippen molar-refractivity contribution in [2.75, 3.05) is 23.4 Å². The van der Waals surface area contributed by atoms with Crippen molar-refractivity contribution in [2.24, 2.45) is 0 Å². The number of carbonyl (C=O) groups is 3. The summed E-state index contributed by atoms with van der Waals surface area (Å²) in [5.41, 5.74) is 1.30. The van der Waals surface area contributed by atoms with E-state index in [0.717, 1.165) is 4.90 Å². The maximum atomic E-state index is 12.7. The number of nitro benzene ring substituents is 1. The van der Waals surface area contributed by atoms with Crippen LogP contribution in [0.2, 0.25) is 0 Å². The highest BCUT2D eigenvalue weighted by molar-refractivity contribution is 6.05. The van der Waals surface area contributed by atoms with E-state index in [1.165, 1.54) is 24.3 Å². The normalized spacial score (nSPS) is 12.4. The second kappa shape index (κ2) is 9.77. The number of fused-ring (bicyclic) bond motifs is 1. The number of benzene rings is 2. The Bertz CT molecular complexity index is 1260. The molecule has 11 heteroatoms. The minimum atomic E-state index is -0.595. The monoisotopic (exact) mass is 461 g/mol. The van der Waals surface area contributed by atoms with Crippen molar-refractivity contribution in [2.45, 2.75) is 6.54 Å². The van der Waals surface area contributed by atoms with Gasteiger partial charge in [-0.3, -0.25) is 34.4 Å². The summed E-state index contributed by atoms with van der Waals surface area (Å²) in [6.07, 6.45) is 1.63. The number of amides is 3. The SMILES string of the molecule is O=C(CN1C(=O)COc2ccc([N+](=O)[O-])cc21)Nc1cccc(C(=O)NCc2ccccn2)c1. The standard InChI is InChI=1S/C23H19N5O6/c29-21(13-27-19-11-18(28(32)33)7-8-20(19)34-14-22(27)30)26-16-6-3-4-15(10-16)23(31)25-12-17-5-1-2-9-24-17/h1-11H,12-14H2,(H,25,31)(H,26,29). The van der Waals surface area contributed by atoms with Crippen molar-refractivity contribution < 1.29 is 24.0 Å². The van der Waals surface area contributed by atoms with Gasteiger partial charge in [-0.2, -0.15) is 0 Å². The molecule has 3 amide bonds. The molecule has 2 N–H and O–H groups in total. The molecule has 0 bridgehead atoms. The number of hydrogen-bond donors (Lipinski definition) is 2. The lowest BCUT2D eigenvalue weighted by atomic mass is 10.1. The van der Waals surface area contributed by atoms with Gasteiger partial charge in [0.1, 0.15) is 12.3 Å². The van der Waals surface area contributed by atoms with Gasteiger partial charge in [0.05, 0.1) is 22.8 Å². The Morgan fingerprint density at radius 3 is 2.74 bits per heavy atom. The smallest absolute Gasteiger partial charge is 0.271 e. The van der Waals surface area contributed by atoms with E-state index in [-0.39, 0.29) is 42.7 Å². The third kappa shape index (κ3) is 5.15. The minimum Gasteiger partial charge on any atom is -0.482 e. The molecule has 2 heterocycles. The molecule has 0 radical (unpaired) electrons. The van der Waals surface area contributed by atoms with E-state index in [4.69, 9.17) is 4.74 Å². The Balaban J connectivity index is 1.43. The summed E-state index contributed by atoms with van der Waals surface area (Å²) in [6.45, 7) is -0.419. The molecule has 0 atom stereocenters. The fourth-order valence-corrected chi connectivity index (χ4v) is 3.34. The molecule has 1 aromatic heterocycles. The summed E-state index contributed by atoms with van der Waals surface area (Å²) in [5, 5.41) is 16.5. The average molecular weight is 461 g/mol. The Kier molecular flexibility index (Phi) is 6.44. The summed E-state index contributed by atoms with van der Waals surface area (Å²) in [7, 11) is 0. The van der Waals surface area contributed by atoms with Crippen LogP contribution in [0.15, 0.2) is 66.9 Å². The van der Waals surface area contributed by atoms with Gasteiger partial charge in [-0.25, -0.2) is 0 Å². The van der Waals surface area contributed by atoms with Crippen molar-refractivity contribution in [1.29, 1.82) is 0 Å². The van der Waals surface area contributed by atoms with Crippen LogP contribution in [0, 0.1) is 10.1 Å². The van der Waals surface area contributed by atoms with Crippen LogP contribution in [0.3, 0.4) is 0 Å². The van der Waals surface area contributed by atoms with Gasteiger partial charge in [-0.15, -0.1) is 0 Å². The maximum Gasteiger partial charge on any atom is 0.271 e. The predicted molar refractivity (Wildman–Crippen MR) is 121 cm³/mol. The van der Waals surface area contributed by atoms with Crippen molar-refractivity contribution >= 4 is 34.8 Å². The van der Waals surface area contributed by atoms with Crippen LogP contribution in [0.4, 0.5) is 17.1 Å². The molecule has 0 fully saturated rings. The third-order valence-electron chi connectivity index (χ3n) is 4.96. The first-order valence-electron chi connectivity index (χ1n) is 10.2. The molecule has 0 saturated heterocycles. The van der Waals surface area contributed by atoms with Crippen LogP contribution in [-0.2, 0) is 16.1 Å². The number of rotatable bonds is 7. The van der Waals surface area contributed by atoms with Crippen molar-refractivity contribution in [3.8, 4) is 5.75 Å². The van der Waals surface area contributed by atoms with E-state index in [9.17, 15) is 24.5 Å². The van der Waals surface area contributed by atoms with Crippen molar-refractivity contribution in [3.05, 3.63) is 88.2 Å². The Hall–Kier alpha value is -4.80. The number of anilines is 2.